The zero-order valence-corrected chi connectivity index (χ0v) is 12.7. The van der Waals surface area contributed by atoms with Crippen LogP contribution in [-0.2, 0) is 5.41 Å². The monoisotopic (exact) mass is 312 g/mol. The van der Waals surface area contributed by atoms with Crippen LogP contribution in [0.5, 0.6) is 5.75 Å². The minimum absolute atomic E-state index is 0.0929. The van der Waals surface area contributed by atoms with Crippen LogP contribution in [0, 0.1) is 24.1 Å². The number of hydrogen-bond donors (Lipinski definition) is 2. The summed E-state index contributed by atoms with van der Waals surface area (Å²) in [7, 11) is 0. The van der Waals surface area contributed by atoms with Crippen molar-refractivity contribution in [2.45, 2.75) is 31.3 Å². The van der Waals surface area contributed by atoms with Gasteiger partial charge in [0.1, 0.15) is 23.5 Å². The summed E-state index contributed by atoms with van der Waals surface area (Å²) in [6.45, 7) is 1.86. The summed E-state index contributed by atoms with van der Waals surface area (Å²) < 4.78 is 19.4. The third-order valence-electron chi connectivity index (χ3n) is 4.33. The SMILES string of the molecule is Cc1c(O[C@H]2C[C@](C#N)(c3cccc(F)c3)C2)ccnc1NN. The molecule has 1 aromatic carbocycles. The van der Waals surface area contributed by atoms with Crippen LogP contribution in [0.3, 0.4) is 0 Å². The lowest BCUT2D eigenvalue weighted by molar-refractivity contribution is 0.0660. The van der Waals surface area contributed by atoms with Crippen molar-refractivity contribution in [1.29, 1.82) is 5.26 Å². The Morgan fingerprint density at radius 2 is 2.22 bits per heavy atom. The maximum atomic E-state index is 13.4. The molecule has 1 fully saturated rings. The van der Waals surface area contributed by atoms with E-state index in [0.29, 0.717) is 30.0 Å². The predicted molar refractivity (Wildman–Crippen MR) is 84.1 cm³/mol. The topological polar surface area (TPSA) is 84.0 Å². The third-order valence-corrected chi connectivity index (χ3v) is 4.33. The minimum Gasteiger partial charge on any atom is -0.490 e. The fraction of sp³-hybridized carbons (Fsp3) is 0.294. The Labute approximate surface area is 133 Å². The average molecular weight is 312 g/mol. The molecule has 118 valence electrons. The molecule has 0 radical (unpaired) electrons. The van der Waals surface area contributed by atoms with Crippen molar-refractivity contribution in [3.05, 3.63) is 53.5 Å². The van der Waals surface area contributed by atoms with Crippen LogP contribution in [0.15, 0.2) is 36.5 Å². The molecule has 1 aliphatic carbocycles. The number of nitrogens with zero attached hydrogens (tertiary/aromatic N) is 2. The highest BCUT2D eigenvalue weighted by Gasteiger charge is 2.47. The lowest BCUT2D eigenvalue weighted by Crippen LogP contribution is -2.46. The summed E-state index contributed by atoms with van der Waals surface area (Å²) in [6, 6.07) is 10.3. The molecule has 0 spiro atoms. The number of hydrogen-bond acceptors (Lipinski definition) is 5. The van der Waals surface area contributed by atoms with Crippen LogP contribution in [0.1, 0.15) is 24.0 Å². The third kappa shape index (κ3) is 2.71. The van der Waals surface area contributed by atoms with Gasteiger partial charge in [-0.3, -0.25) is 0 Å². The van der Waals surface area contributed by atoms with E-state index in [9.17, 15) is 9.65 Å². The molecule has 0 atom stereocenters. The molecule has 1 saturated carbocycles. The fourth-order valence-electron chi connectivity index (χ4n) is 2.95. The van der Waals surface area contributed by atoms with Gasteiger partial charge in [-0.15, -0.1) is 0 Å². The zero-order chi connectivity index (χ0) is 16.4. The van der Waals surface area contributed by atoms with Gasteiger partial charge in [-0.25, -0.2) is 15.2 Å². The first-order chi connectivity index (χ1) is 11.1. The first-order valence-electron chi connectivity index (χ1n) is 7.34. The van der Waals surface area contributed by atoms with Crippen LogP contribution < -0.4 is 16.0 Å². The molecule has 0 amide bonds. The smallest absolute Gasteiger partial charge is 0.146 e. The standard InChI is InChI=1S/C17H17FN4O/c1-11-15(5-6-21-16(11)22-20)23-14-8-17(9-14,10-19)12-3-2-4-13(18)7-12/h2-7,14H,8-9,20H2,1H3,(H,21,22)/t14-,17-. The summed E-state index contributed by atoms with van der Waals surface area (Å²) in [4.78, 5) is 4.10. The molecule has 1 aromatic heterocycles. The van der Waals surface area contributed by atoms with Gasteiger partial charge in [-0.05, 0) is 30.7 Å². The Hall–Kier alpha value is -2.65. The molecule has 2 aromatic rings. The van der Waals surface area contributed by atoms with Crippen molar-refractivity contribution >= 4 is 5.82 Å². The minimum atomic E-state index is -0.678. The van der Waals surface area contributed by atoms with Crippen molar-refractivity contribution in [2.75, 3.05) is 5.43 Å². The molecule has 1 heterocycles. The lowest BCUT2D eigenvalue weighted by Gasteiger charge is -2.42. The number of benzene rings is 1. The largest absolute Gasteiger partial charge is 0.490 e. The molecule has 0 unspecified atom stereocenters. The average Bonchev–Trinajstić information content (AvgIpc) is 2.52. The highest BCUT2D eigenvalue weighted by atomic mass is 19.1. The van der Waals surface area contributed by atoms with Crippen LogP contribution in [0.25, 0.3) is 0 Å². The quantitative estimate of drug-likeness (QED) is 0.670. The summed E-state index contributed by atoms with van der Waals surface area (Å²) in [5, 5.41) is 9.54. The van der Waals surface area contributed by atoms with Crippen LogP contribution >= 0.6 is 0 Å². The Bertz CT molecular complexity index is 765. The molecule has 0 aliphatic heterocycles. The van der Waals surface area contributed by atoms with Crippen molar-refractivity contribution in [2.24, 2.45) is 5.84 Å². The van der Waals surface area contributed by atoms with Crippen LogP contribution in [0.2, 0.25) is 0 Å². The number of nitriles is 1. The summed E-state index contributed by atoms with van der Waals surface area (Å²) in [5.41, 5.74) is 3.36. The molecule has 23 heavy (non-hydrogen) atoms. The first-order valence-corrected chi connectivity index (χ1v) is 7.34. The highest BCUT2D eigenvalue weighted by Crippen LogP contribution is 2.45. The lowest BCUT2D eigenvalue weighted by atomic mass is 9.63. The summed E-state index contributed by atoms with van der Waals surface area (Å²) in [5.74, 6) is 6.31. The normalized spacial score (nSPS) is 22.8. The second kappa shape index (κ2) is 5.86. The molecule has 0 saturated heterocycles. The van der Waals surface area contributed by atoms with Gasteiger partial charge in [0.25, 0.3) is 0 Å². The number of ether oxygens (including phenoxy) is 1. The van der Waals surface area contributed by atoms with E-state index in [2.05, 4.69) is 16.5 Å². The molecule has 3 rings (SSSR count). The van der Waals surface area contributed by atoms with Crippen LogP contribution in [0.4, 0.5) is 10.2 Å². The maximum absolute atomic E-state index is 13.4. The number of nitrogen functional groups attached to an aromatic ring is 1. The molecule has 5 nitrogen and oxygen atoms in total. The van der Waals surface area contributed by atoms with Gasteiger partial charge in [-0.2, -0.15) is 5.26 Å². The number of anilines is 1. The maximum Gasteiger partial charge on any atom is 0.146 e. The molecule has 3 N–H and O–H groups in total. The van der Waals surface area contributed by atoms with Gasteiger partial charge in [0.2, 0.25) is 0 Å². The number of nitrogens with two attached hydrogens (primary N) is 1. The second-order valence-corrected chi connectivity index (χ2v) is 5.78. The summed E-state index contributed by atoms with van der Waals surface area (Å²) >= 11 is 0. The second-order valence-electron chi connectivity index (χ2n) is 5.78. The number of nitrogens with one attached hydrogen (secondary N) is 1. The predicted octanol–water partition coefficient (Wildman–Crippen LogP) is 2.82. The van der Waals surface area contributed by atoms with Gasteiger partial charge in [0, 0.05) is 24.6 Å². The van der Waals surface area contributed by atoms with E-state index >= 15 is 0 Å². The van der Waals surface area contributed by atoms with E-state index in [0.717, 1.165) is 5.56 Å². The van der Waals surface area contributed by atoms with Crippen molar-refractivity contribution in [3.8, 4) is 11.8 Å². The number of halogens is 1. The summed E-state index contributed by atoms with van der Waals surface area (Å²) in [6.07, 6.45) is 2.57. The number of rotatable bonds is 4. The Morgan fingerprint density at radius 1 is 1.43 bits per heavy atom. The Balaban J connectivity index is 1.74. The van der Waals surface area contributed by atoms with Crippen molar-refractivity contribution < 1.29 is 9.13 Å². The molecule has 6 heteroatoms. The van der Waals surface area contributed by atoms with E-state index in [1.54, 1.807) is 24.4 Å². The Morgan fingerprint density at radius 3 is 2.87 bits per heavy atom. The highest BCUT2D eigenvalue weighted by molar-refractivity contribution is 5.50. The molecule has 1 aliphatic rings. The Kier molecular flexibility index (Phi) is 3.89. The van der Waals surface area contributed by atoms with Gasteiger partial charge in [-0.1, -0.05) is 12.1 Å². The van der Waals surface area contributed by atoms with Crippen LogP contribution in [-0.4, -0.2) is 11.1 Å². The van der Waals surface area contributed by atoms with E-state index in [4.69, 9.17) is 10.6 Å². The number of hydrazine groups is 1. The number of pyridine rings is 1. The van der Waals surface area contributed by atoms with E-state index in [1.165, 1.54) is 12.1 Å². The van der Waals surface area contributed by atoms with Crippen molar-refractivity contribution in [3.63, 3.8) is 0 Å². The van der Waals surface area contributed by atoms with E-state index in [-0.39, 0.29) is 11.9 Å². The molecule has 0 bridgehead atoms. The van der Waals surface area contributed by atoms with Gasteiger partial charge >= 0.3 is 0 Å². The molecular weight excluding hydrogens is 295 g/mol. The van der Waals surface area contributed by atoms with Gasteiger partial charge in [0.15, 0.2) is 0 Å². The van der Waals surface area contributed by atoms with E-state index in [1.807, 2.05) is 6.92 Å². The number of aromatic nitrogens is 1. The van der Waals surface area contributed by atoms with Gasteiger partial charge < -0.3 is 10.2 Å². The van der Waals surface area contributed by atoms with Crippen molar-refractivity contribution in [1.82, 2.24) is 4.98 Å². The first kappa shape index (κ1) is 15.3. The van der Waals surface area contributed by atoms with Gasteiger partial charge in [0.05, 0.1) is 11.5 Å². The van der Waals surface area contributed by atoms with E-state index < -0.39 is 5.41 Å². The zero-order valence-electron chi connectivity index (χ0n) is 12.7. The molecular formula is C17H17FN4O. The fourth-order valence-corrected chi connectivity index (χ4v) is 2.95.